The summed E-state index contributed by atoms with van der Waals surface area (Å²) >= 11 is 1.19. The zero-order valence-corrected chi connectivity index (χ0v) is 20.6. The van der Waals surface area contributed by atoms with Gasteiger partial charge in [0.05, 0.1) is 10.6 Å². The monoisotopic (exact) mass is 531 g/mol. The summed E-state index contributed by atoms with van der Waals surface area (Å²) in [4.78, 5) is 25.2. The predicted molar refractivity (Wildman–Crippen MR) is 143 cm³/mol. The number of hydrogen-bond acceptors (Lipinski definition) is 3. The van der Waals surface area contributed by atoms with Crippen molar-refractivity contribution in [3.05, 3.63) is 112 Å². The van der Waals surface area contributed by atoms with Crippen LogP contribution in [0.5, 0.6) is 0 Å². The number of alkyl halides is 3. The Balaban J connectivity index is 1.64. The molecule has 0 amide bonds. The third kappa shape index (κ3) is 4.05. The van der Waals surface area contributed by atoms with Crippen molar-refractivity contribution in [2.45, 2.75) is 23.7 Å². The Morgan fingerprint density at radius 3 is 2.21 bits per heavy atom. The first-order valence-corrected chi connectivity index (χ1v) is 12.9. The summed E-state index contributed by atoms with van der Waals surface area (Å²) in [5.41, 5.74) is 0.977. The van der Waals surface area contributed by atoms with E-state index in [0.29, 0.717) is 21.7 Å². The molecule has 0 saturated heterocycles. The molecule has 0 bridgehead atoms. The topological polar surface area (TPSA) is 59.3 Å². The number of carboxylic acid groups (broad SMARTS) is 1. The van der Waals surface area contributed by atoms with E-state index < -0.39 is 29.3 Å². The van der Waals surface area contributed by atoms with E-state index in [9.17, 15) is 27.9 Å². The lowest BCUT2D eigenvalue weighted by atomic mass is 9.89. The number of fused-ring (bicyclic) bond motifs is 3. The maximum Gasteiger partial charge on any atom is 0.416 e. The minimum atomic E-state index is -4.55. The van der Waals surface area contributed by atoms with Crippen molar-refractivity contribution in [2.24, 2.45) is 0 Å². The average molecular weight is 532 g/mol. The van der Waals surface area contributed by atoms with E-state index in [0.717, 1.165) is 39.2 Å². The van der Waals surface area contributed by atoms with Gasteiger partial charge in [0.15, 0.2) is 0 Å². The van der Waals surface area contributed by atoms with E-state index in [1.807, 2.05) is 48.5 Å². The summed E-state index contributed by atoms with van der Waals surface area (Å²) in [7, 11) is 0. The van der Waals surface area contributed by atoms with Gasteiger partial charge in [0.2, 0.25) is 0 Å². The summed E-state index contributed by atoms with van der Waals surface area (Å²) < 4.78 is 42.1. The van der Waals surface area contributed by atoms with Gasteiger partial charge in [0.25, 0.3) is 5.56 Å². The fourth-order valence-corrected chi connectivity index (χ4v) is 6.64. The van der Waals surface area contributed by atoms with Crippen LogP contribution in [0.4, 0.5) is 13.2 Å². The number of benzene rings is 4. The van der Waals surface area contributed by atoms with Gasteiger partial charge < -0.3 is 5.11 Å². The van der Waals surface area contributed by atoms with Crippen molar-refractivity contribution in [3.8, 4) is 11.1 Å². The molecule has 1 aliphatic rings. The molecule has 4 aromatic carbocycles. The van der Waals surface area contributed by atoms with Gasteiger partial charge in [0.1, 0.15) is 6.04 Å². The van der Waals surface area contributed by atoms with Gasteiger partial charge in [0, 0.05) is 17.4 Å². The molecule has 38 heavy (non-hydrogen) atoms. The van der Waals surface area contributed by atoms with Crippen molar-refractivity contribution >= 4 is 39.3 Å². The summed E-state index contributed by atoms with van der Waals surface area (Å²) in [6, 6.07) is 23.1. The molecule has 5 aromatic rings. The third-order valence-corrected chi connectivity index (χ3v) is 8.15. The van der Waals surface area contributed by atoms with Crippen LogP contribution in [0, 0.1) is 0 Å². The Morgan fingerprint density at radius 2 is 1.58 bits per heavy atom. The van der Waals surface area contributed by atoms with Crippen LogP contribution in [-0.2, 0) is 17.4 Å². The van der Waals surface area contributed by atoms with E-state index in [4.69, 9.17) is 0 Å². The number of carboxylic acids is 1. The molecule has 1 N–H and O–H groups in total. The molecule has 0 spiro atoms. The summed E-state index contributed by atoms with van der Waals surface area (Å²) in [5.74, 6) is -1.03. The number of aromatic nitrogens is 1. The Bertz CT molecular complexity index is 1760. The number of hydrogen-bond donors (Lipinski definition) is 1. The lowest BCUT2D eigenvalue weighted by Gasteiger charge is -2.19. The number of halogens is 3. The van der Waals surface area contributed by atoms with E-state index in [-0.39, 0.29) is 12.2 Å². The van der Waals surface area contributed by atoms with Gasteiger partial charge in [-0.3, -0.25) is 9.36 Å². The maximum absolute atomic E-state index is 13.6. The van der Waals surface area contributed by atoms with Gasteiger partial charge in [-0.15, -0.1) is 11.8 Å². The minimum absolute atomic E-state index is 0.122. The molecule has 1 atom stereocenters. The molecule has 6 rings (SSSR count). The highest BCUT2D eigenvalue weighted by Gasteiger charge is 2.35. The highest BCUT2D eigenvalue weighted by Crippen LogP contribution is 2.43. The predicted octanol–water partition coefficient (Wildman–Crippen LogP) is 7.16. The van der Waals surface area contributed by atoms with Gasteiger partial charge in [-0.1, -0.05) is 60.7 Å². The Kier molecular flexibility index (Phi) is 5.79. The minimum Gasteiger partial charge on any atom is -0.480 e. The number of carbonyl (C=O) groups is 1. The van der Waals surface area contributed by atoms with E-state index in [2.05, 4.69) is 6.07 Å². The molecule has 0 radical (unpaired) electrons. The van der Waals surface area contributed by atoms with Crippen molar-refractivity contribution in [1.29, 1.82) is 0 Å². The standard InChI is InChI=1S/C30H20F3NO3S/c31-30(32,33)21-9-5-8-19(13-21)27-20(15-26(35)34-25(29(36)37)16-38-28(27)34)14-24-22-10-3-1-6-17(22)12-18-7-2-4-11-23(18)24/h1-13,15,25H,14,16H2,(H,36,37). The smallest absolute Gasteiger partial charge is 0.416 e. The fourth-order valence-electron chi connectivity index (χ4n) is 5.29. The van der Waals surface area contributed by atoms with Crippen molar-refractivity contribution in [1.82, 2.24) is 4.57 Å². The van der Waals surface area contributed by atoms with Crippen molar-refractivity contribution in [2.75, 3.05) is 5.75 Å². The van der Waals surface area contributed by atoms with Crippen LogP contribution in [0.3, 0.4) is 0 Å². The Morgan fingerprint density at radius 1 is 0.921 bits per heavy atom. The van der Waals surface area contributed by atoms with Gasteiger partial charge in [-0.05, 0) is 62.9 Å². The summed E-state index contributed by atoms with van der Waals surface area (Å²) in [5, 5.41) is 14.1. The largest absolute Gasteiger partial charge is 0.480 e. The second-order valence-electron chi connectivity index (χ2n) is 9.28. The first-order valence-electron chi connectivity index (χ1n) is 11.9. The van der Waals surface area contributed by atoms with Crippen LogP contribution in [0.15, 0.2) is 94.7 Å². The van der Waals surface area contributed by atoms with Crippen LogP contribution in [-0.4, -0.2) is 21.4 Å². The van der Waals surface area contributed by atoms with Crippen LogP contribution >= 0.6 is 11.8 Å². The fraction of sp³-hybridized carbons (Fsp3) is 0.133. The van der Waals surface area contributed by atoms with Gasteiger partial charge in [-0.25, -0.2) is 4.79 Å². The second kappa shape index (κ2) is 9.06. The highest BCUT2D eigenvalue weighted by molar-refractivity contribution is 7.99. The highest BCUT2D eigenvalue weighted by atomic mass is 32.2. The number of thioether (sulfide) groups is 1. The van der Waals surface area contributed by atoms with Crippen molar-refractivity contribution in [3.63, 3.8) is 0 Å². The molecule has 1 aromatic heterocycles. The molecule has 4 nitrogen and oxygen atoms in total. The van der Waals surface area contributed by atoms with Gasteiger partial charge in [-0.2, -0.15) is 13.2 Å². The van der Waals surface area contributed by atoms with E-state index in [1.165, 1.54) is 28.5 Å². The molecular formula is C30H20F3NO3S. The lowest BCUT2D eigenvalue weighted by Crippen LogP contribution is -2.29. The number of rotatable bonds is 4. The van der Waals surface area contributed by atoms with Gasteiger partial charge >= 0.3 is 12.1 Å². The van der Waals surface area contributed by atoms with E-state index in [1.54, 1.807) is 6.07 Å². The Hall–Kier alpha value is -4.04. The second-order valence-corrected chi connectivity index (χ2v) is 10.3. The lowest BCUT2D eigenvalue weighted by molar-refractivity contribution is -0.140. The zero-order valence-electron chi connectivity index (χ0n) is 19.8. The Labute approximate surface area is 219 Å². The third-order valence-electron chi connectivity index (χ3n) is 6.99. The first kappa shape index (κ1) is 24.3. The molecule has 0 fully saturated rings. The van der Waals surface area contributed by atoms with Crippen LogP contribution in [0.1, 0.15) is 22.7 Å². The maximum atomic E-state index is 13.6. The molecule has 0 saturated carbocycles. The quantitative estimate of drug-likeness (QED) is 0.250. The number of pyridine rings is 1. The summed E-state index contributed by atoms with van der Waals surface area (Å²) in [6.07, 6.45) is -4.26. The number of aliphatic carboxylic acids is 1. The zero-order chi connectivity index (χ0) is 26.6. The normalized spacial score (nSPS) is 15.2. The molecule has 1 unspecified atom stereocenters. The van der Waals surface area contributed by atoms with Crippen LogP contribution < -0.4 is 5.56 Å². The molecular weight excluding hydrogens is 511 g/mol. The van der Waals surface area contributed by atoms with E-state index >= 15 is 0 Å². The van der Waals surface area contributed by atoms with Crippen molar-refractivity contribution < 1.29 is 23.1 Å². The molecule has 2 heterocycles. The molecule has 0 aliphatic carbocycles. The molecule has 8 heteroatoms. The summed E-state index contributed by atoms with van der Waals surface area (Å²) in [6.45, 7) is 0. The first-order chi connectivity index (χ1) is 18.2. The average Bonchev–Trinajstić information content (AvgIpc) is 3.34. The SMILES string of the molecule is O=C(O)C1CSc2c(-c3cccc(C(F)(F)F)c3)c(Cc3c4ccccc4cc4ccccc34)cc(=O)n21. The van der Waals surface area contributed by atoms with Crippen LogP contribution in [0.2, 0.25) is 0 Å². The molecule has 190 valence electrons. The van der Waals surface area contributed by atoms with Crippen LogP contribution in [0.25, 0.3) is 32.7 Å². The molecule has 1 aliphatic heterocycles. The number of nitrogens with zero attached hydrogens (tertiary/aromatic N) is 1.